The van der Waals surface area contributed by atoms with E-state index in [1.807, 2.05) is 11.2 Å². The number of nitrogens with one attached hydrogen (secondary N) is 3. The lowest BCUT2D eigenvalue weighted by Crippen LogP contribution is -2.50. The van der Waals surface area contributed by atoms with Gasteiger partial charge in [0.2, 0.25) is 11.7 Å². The minimum Gasteiger partial charge on any atom is -0.465 e. The standard InChI is InChI=1S/C22H34FN7O3S/c1-34-21-25-18(17(23)19(26-21)30-10-9-29-8-4-7-16(29)13-30)27-28-20(31)15(12-24-22(32)33)11-14-5-2-3-6-14/h14-16,24H,2-13H2,1H3,(H,28,31)(H,32,33)(H,25,26,27)/t15-,16+/m1/s1. The van der Waals surface area contributed by atoms with E-state index in [1.54, 1.807) is 0 Å². The Hall–Kier alpha value is -2.34. The van der Waals surface area contributed by atoms with Crippen molar-refractivity contribution in [1.29, 1.82) is 0 Å². The predicted octanol–water partition coefficient (Wildman–Crippen LogP) is 2.53. The fourth-order valence-electron chi connectivity index (χ4n) is 5.35. The second-order valence-corrected chi connectivity index (χ2v) is 10.1. The number of carboxylic acid groups (broad SMARTS) is 1. The number of hydrogen-bond acceptors (Lipinski definition) is 8. The molecule has 3 fully saturated rings. The second-order valence-electron chi connectivity index (χ2n) is 9.36. The summed E-state index contributed by atoms with van der Waals surface area (Å²) in [5.74, 6) is -0.969. The van der Waals surface area contributed by atoms with Gasteiger partial charge in [-0.25, -0.2) is 14.8 Å². The molecule has 2 atom stereocenters. The quantitative estimate of drug-likeness (QED) is 0.232. The van der Waals surface area contributed by atoms with Crippen LogP contribution < -0.4 is 21.1 Å². The number of halogens is 1. The molecule has 1 aromatic heterocycles. The third-order valence-corrected chi connectivity index (χ3v) is 7.70. The number of hydrogen-bond donors (Lipinski definition) is 4. The van der Waals surface area contributed by atoms with Crippen LogP contribution in [-0.2, 0) is 4.79 Å². The molecule has 1 saturated carbocycles. The van der Waals surface area contributed by atoms with E-state index in [2.05, 4.69) is 31.0 Å². The molecule has 34 heavy (non-hydrogen) atoms. The van der Waals surface area contributed by atoms with Gasteiger partial charge in [0.1, 0.15) is 0 Å². The van der Waals surface area contributed by atoms with Gasteiger partial charge in [0.25, 0.3) is 0 Å². The fourth-order valence-corrected chi connectivity index (χ4v) is 5.71. The normalized spacial score (nSPS) is 21.8. The Labute approximate surface area is 203 Å². The Balaban J connectivity index is 1.44. The first-order valence-electron chi connectivity index (χ1n) is 12.1. The summed E-state index contributed by atoms with van der Waals surface area (Å²) in [4.78, 5) is 36.9. The molecule has 12 heteroatoms. The van der Waals surface area contributed by atoms with Crippen molar-refractivity contribution >= 4 is 35.4 Å². The largest absolute Gasteiger partial charge is 0.465 e. The maximum absolute atomic E-state index is 15.5. The Kier molecular flexibility index (Phi) is 8.30. The number of amides is 2. The second kappa shape index (κ2) is 11.4. The fraction of sp³-hybridized carbons (Fsp3) is 0.727. The molecular weight excluding hydrogens is 461 g/mol. The number of hydrazine groups is 1. The first-order valence-corrected chi connectivity index (χ1v) is 13.3. The lowest BCUT2D eigenvalue weighted by atomic mass is 9.92. The maximum Gasteiger partial charge on any atom is 0.404 e. The summed E-state index contributed by atoms with van der Waals surface area (Å²) in [6.45, 7) is 3.39. The van der Waals surface area contributed by atoms with E-state index in [0.717, 1.165) is 51.7 Å². The zero-order valence-electron chi connectivity index (χ0n) is 19.6. The smallest absolute Gasteiger partial charge is 0.404 e. The molecule has 4 N–H and O–H groups in total. The highest BCUT2D eigenvalue weighted by molar-refractivity contribution is 7.98. The molecule has 3 aliphatic rings. The van der Waals surface area contributed by atoms with Crippen molar-refractivity contribution < 1.29 is 19.1 Å². The summed E-state index contributed by atoms with van der Waals surface area (Å²) in [6.07, 6.45) is 7.85. The number of fused-ring (bicyclic) bond motifs is 1. The van der Waals surface area contributed by atoms with Gasteiger partial charge in [-0.3, -0.25) is 20.5 Å². The lowest BCUT2D eigenvalue weighted by Gasteiger charge is -2.38. The van der Waals surface area contributed by atoms with Gasteiger partial charge in [-0.1, -0.05) is 37.4 Å². The molecule has 2 aliphatic heterocycles. The summed E-state index contributed by atoms with van der Waals surface area (Å²) >= 11 is 1.31. The molecule has 4 rings (SSSR count). The van der Waals surface area contributed by atoms with Crippen molar-refractivity contribution in [3.05, 3.63) is 5.82 Å². The van der Waals surface area contributed by atoms with Crippen molar-refractivity contribution in [3.63, 3.8) is 0 Å². The average molecular weight is 496 g/mol. The lowest BCUT2D eigenvalue weighted by molar-refractivity contribution is -0.124. The summed E-state index contributed by atoms with van der Waals surface area (Å²) in [6, 6.07) is 0.412. The van der Waals surface area contributed by atoms with Crippen LogP contribution in [0.1, 0.15) is 44.9 Å². The van der Waals surface area contributed by atoms with Gasteiger partial charge in [-0.2, -0.15) is 4.39 Å². The maximum atomic E-state index is 15.5. The van der Waals surface area contributed by atoms with E-state index in [-0.39, 0.29) is 24.1 Å². The zero-order chi connectivity index (χ0) is 24.1. The van der Waals surface area contributed by atoms with Gasteiger partial charge >= 0.3 is 6.09 Å². The summed E-state index contributed by atoms with van der Waals surface area (Å²) in [5.41, 5.74) is 5.22. The van der Waals surface area contributed by atoms with E-state index in [0.29, 0.717) is 30.1 Å². The Morgan fingerprint density at radius 2 is 1.97 bits per heavy atom. The molecule has 1 aliphatic carbocycles. The molecule has 3 heterocycles. The van der Waals surface area contributed by atoms with Gasteiger partial charge in [0.05, 0.1) is 5.92 Å². The summed E-state index contributed by atoms with van der Waals surface area (Å²) in [5, 5.41) is 11.7. The van der Waals surface area contributed by atoms with Crippen molar-refractivity contribution in [3.8, 4) is 0 Å². The third kappa shape index (κ3) is 6.01. The Bertz CT molecular complexity index is 886. The highest BCUT2D eigenvalue weighted by Crippen LogP contribution is 2.31. The van der Waals surface area contributed by atoms with Crippen LogP contribution in [0.25, 0.3) is 0 Å². The number of carbonyl (C=O) groups is 2. The van der Waals surface area contributed by atoms with E-state index >= 15 is 4.39 Å². The number of nitrogens with zero attached hydrogens (tertiary/aromatic N) is 4. The molecule has 0 unspecified atom stereocenters. The van der Waals surface area contributed by atoms with Crippen LogP contribution in [-0.4, -0.2) is 77.0 Å². The van der Waals surface area contributed by atoms with Crippen molar-refractivity contribution in [2.75, 3.05) is 49.3 Å². The number of anilines is 2. The van der Waals surface area contributed by atoms with Crippen molar-refractivity contribution in [1.82, 2.24) is 25.6 Å². The van der Waals surface area contributed by atoms with Gasteiger partial charge in [-0.05, 0) is 38.0 Å². The minimum absolute atomic E-state index is 0.0125. The summed E-state index contributed by atoms with van der Waals surface area (Å²) in [7, 11) is 0. The average Bonchev–Trinajstić information content (AvgIpc) is 3.52. The third-order valence-electron chi connectivity index (χ3n) is 7.15. The van der Waals surface area contributed by atoms with Gasteiger partial charge in [0.15, 0.2) is 16.8 Å². The van der Waals surface area contributed by atoms with Crippen LogP contribution in [0.3, 0.4) is 0 Å². The molecule has 0 bridgehead atoms. The van der Waals surface area contributed by atoms with Gasteiger partial charge in [-0.15, -0.1) is 0 Å². The number of thioether (sulfide) groups is 1. The molecule has 188 valence electrons. The minimum atomic E-state index is -1.17. The number of piperazine rings is 1. The van der Waals surface area contributed by atoms with E-state index in [9.17, 15) is 9.59 Å². The molecule has 2 saturated heterocycles. The van der Waals surface area contributed by atoms with Gasteiger partial charge < -0.3 is 15.3 Å². The molecule has 0 spiro atoms. The van der Waals surface area contributed by atoms with E-state index < -0.39 is 17.8 Å². The van der Waals surface area contributed by atoms with Crippen LogP contribution >= 0.6 is 11.8 Å². The number of aromatic nitrogens is 2. The monoisotopic (exact) mass is 495 g/mol. The van der Waals surface area contributed by atoms with E-state index in [4.69, 9.17) is 5.11 Å². The topological polar surface area (TPSA) is 123 Å². The van der Waals surface area contributed by atoms with E-state index in [1.165, 1.54) is 18.2 Å². The SMILES string of the molecule is CSc1nc(NNC(=O)[C@@H](CNC(=O)O)CC2CCCC2)c(F)c(N2CCN3CCC[C@H]3C2)n1. The molecule has 1 aromatic rings. The van der Waals surface area contributed by atoms with Crippen molar-refractivity contribution in [2.45, 2.75) is 56.1 Å². The molecule has 0 aromatic carbocycles. The van der Waals surface area contributed by atoms with Crippen molar-refractivity contribution in [2.24, 2.45) is 11.8 Å². The first kappa shape index (κ1) is 24.8. The molecular formula is C22H34FN7O3S. The summed E-state index contributed by atoms with van der Waals surface area (Å²) < 4.78 is 15.5. The molecule has 10 nitrogen and oxygen atoms in total. The highest BCUT2D eigenvalue weighted by atomic mass is 32.2. The molecule has 0 radical (unpaired) electrons. The Morgan fingerprint density at radius 3 is 2.71 bits per heavy atom. The van der Waals surface area contributed by atoms with Crippen LogP contribution in [0.15, 0.2) is 5.16 Å². The number of rotatable bonds is 9. The van der Waals surface area contributed by atoms with Crippen LogP contribution in [0.2, 0.25) is 0 Å². The van der Waals surface area contributed by atoms with Crippen LogP contribution in [0, 0.1) is 17.7 Å². The molecule has 2 amide bonds. The first-order chi connectivity index (χ1) is 16.4. The predicted molar refractivity (Wildman–Crippen MR) is 128 cm³/mol. The highest BCUT2D eigenvalue weighted by Gasteiger charge is 2.33. The Morgan fingerprint density at radius 1 is 1.18 bits per heavy atom. The van der Waals surface area contributed by atoms with Crippen LogP contribution in [0.4, 0.5) is 20.8 Å². The van der Waals surface area contributed by atoms with Gasteiger partial charge in [0, 0.05) is 32.2 Å². The van der Waals surface area contributed by atoms with Crippen LogP contribution in [0.5, 0.6) is 0 Å². The zero-order valence-corrected chi connectivity index (χ0v) is 20.4. The number of carbonyl (C=O) groups excluding carboxylic acids is 1.